The molecule has 7 heteroatoms. The molecule has 1 saturated heterocycles. The Morgan fingerprint density at radius 1 is 0.945 bits per heavy atom. The van der Waals surface area contributed by atoms with Gasteiger partial charge in [-0.2, -0.15) is 0 Å². The topological polar surface area (TPSA) is 133 Å². The highest BCUT2D eigenvalue weighted by Crippen LogP contribution is 2.75. The first kappa shape index (κ1) is 38.9. The fourth-order valence-electron chi connectivity index (χ4n) is 14.7. The molecule has 1 heterocycles. The van der Waals surface area contributed by atoms with Gasteiger partial charge in [-0.25, -0.2) is 0 Å². The lowest BCUT2D eigenvalue weighted by atomic mass is 9.35. The van der Waals surface area contributed by atoms with Crippen molar-refractivity contribution >= 4 is 17.3 Å². The Hall–Kier alpha value is -3.00. The van der Waals surface area contributed by atoms with Crippen molar-refractivity contribution in [3.05, 3.63) is 70.8 Å². The molecular weight excluding hydrogens is 687 g/mol. The van der Waals surface area contributed by atoms with Gasteiger partial charge in [0.25, 0.3) is 0 Å². The quantitative estimate of drug-likeness (QED) is 0.148. The maximum absolute atomic E-state index is 14.6. The number of epoxide rings is 1. The van der Waals surface area contributed by atoms with Crippen molar-refractivity contribution in [2.75, 3.05) is 5.73 Å². The third-order valence-electron chi connectivity index (χ3n) is 17.1. The number of carbonyl (C=O) groups is 2. The Kier molecular flexibility index (Phi) is 9.38. The van der Waals surface area contributed by atoms with Crippen molar-refractivity contribution in [1.82, 2.24) is 0 Å². The van der Waals surface area contributed by atoms with Gasteiger partial charge in [-0.1, -0.05) is 84.2 Å². The minimum absolute atomic E-state index is 0.0514. The highest BCUT2D eigenvalue weighted by Gasteiger charge is 2.71. The van der Waals surface area contributed by atoms with Crippen LogP contribution >= 0.6 is 0 Å². The number of allylic oxidation sites excluding steroid dienone is 2. The van der Waals surface area contributed by atoms with E-state index in [1.807, 2.05) is 38.1 Å². The largest absolute Gasteiger partial charge is 0.508 e. The van der Waals surface area contributed by atoms with Crippen molar-refractivity contribution in [3.8, 4) is 5.75 Å². The van der Waals surface area contributed by atoms with Crippen LogP contribution in [0.3, 0.4) is 0 Å². The number of Topliss-reactive ketones (excluding diaryl/α,β-unsaturated/α-hetero) is 2. The summed E-state index contributed by atoms with van der Waals surface area (Å²) in [4.78, 5) is 28.8. The van der Waals surface area contributed by atoms with Gasteiger partial charge in [0.15, 0.2) is 5.78 Å². The number of aromatic hydroxyl groups is 1. The molecule has 0 spiro atoms. The third kappa shape index (κ3) is 5.74. The van der Waals surface area contributed by atoms with Crippen LogP contribution < -0.4 is 5.73 Å². The zero-order valence-electron chi connectivity index (χ0n) is 34.2. The number of rotatable bonds is 9. The van der Waals surface area contributed by atoms with Gasteiger partial charge in [0.05, 0.1) is 17.8 Å². The molecule has 8 rings (SSSR count). The first-order valence-electron chi connectivity index (χ1n) is 21.4. The van der Waals surface area contributed by atoms with Gasteiger partial charge in [0, 0.05) is 34.8 Å². The molecule has 1 aliphatic heterocycles. The lowest BCUT2D eigenvalue weighted by Crippen LogP contribution is -2.67. The van der Waals surface area contributed by atoms with Gasteiger partial charge in [-0.3, -0.25) is 9.59 Å². The van der Waals surface area contributed by atoms with Crippen LogP contribution in [-0.4, -0.2) is 50.8 Å². The number of carbonyl (C=O) groups excluding carboxylic acids is 2. The summed E-state index contributed by atoms with van der Waals surface area (Å²) in [6.45, 7) is 15.3. The Morgan fingerprint density at radius 2 is 1.67 bits per heavy atom. The summed E-state index contributed by atoms with van der Waals surface area (Å²) in [6.07, 6.45) is 7.24. The molecule has 2 aromatic rings. The number of hydrogen-bond acceptors (Lipinski definition) is 7. The molecule has 298 valence electrons. The zero-order valence-corrected chi connectivity index (χ0v) is 34.2. The van der Waals surface area contributed by atoms with E-state index in [0.717, 1.165) is 61.8 Å². The molecule has 5 aliphatic carbocycles. The predicted molar refractivity (Wildman–Crippen MR) is 215 cm³/mol. The van der Waals surface area contributed by atoms with Crippen LogP contribution in [0.15, 0.2) is 59.7 Å². The van der Waals surface area contributed by atoms with Crippen molar-refractivity contribution < 1.29 is 29.6 Å². The van der Waals surface area contributed by atoms with E-state index in [4.69, 9.17) is 10.5 Å². The molecule has 4 saturated carbocycles. The molecule has 0 radical (unpaired) electrons. The number of phenolic OH excluding ortho intramolecular Hbond substituents is 1. The van der Waals surface area contributed by atoms with E-state index in [0.29, 0.717) is 37.5 Å². The van der Waals surface area contributed by atoms with E-state index in [1.165, 1.54) is 11.1 Å². The van der Waals surface area contributed by atoms with Gasteiger partial charge in [-0.05, 0) is 134 Å². The fraction of sp³-hybridized carbons (Fsp3) is 0.667. The zero-order chi connectivity index (χ0) is 39.5. The summed E-state index contributed by atoms with van der Waals surface area (Å²) in [7, 11) is 0. The van der Waals surface area contributed by atoms with E-state index in [1.54, 1.807) is 12.1 Å². The number of hydrogen-bond donors (Lipinski definition) is 4. The van der Waals surface area contributed by atoms with Crippen molar-refractivity contribution in [2.24, 2.45) is 45.3 Å². The molecule has 55 heavy (non-hydrogen) atoms. The predicted octanol–water partition coefficient (Wildman–Crippen LogP) is 9.04. The minimum atomic E-state index is -0.758. The van der Waals surface area contributed by atoms with E-state index < -0.39 is 28.6 Å². The lowest BCUT2D eigenvalue weighted by Gasteiger charge is -2.69. The molecule has 6 aliphatic rings. The summed E-state index contributed by atoms with van der Waals surface area (Å²) in [5, 5.41) is 34.7. The Morgan fingerprint density at radius 3 is 2.38 bits per heavy atom. The van der Waals surface area contributed by atoms with Crippen LogP contribution in [-0.2, 0) is 14.3 Å². The summed E-state index contributed by atoms with van der Waals surface area (Å²) >= 11 is 0. The number of fused-ring (bicyclic) bond motifs is 5. The van der Waals surface area contributed by atoms with E-state index in [2.05, 4.69) is 46.8 Å². The molecule has 0 unspecified atom stereocenters. The summed E-state index contributed by atoms with van der Waals surface area (Å²) in [5.74, 6) is 0.716. The highest BCUT2D eigenvalue weighted by molar-refractivity contribution is 6.00. The average molecular weight is 752 g/mol. The second-order valence-electron chi connectivity index (χ2n) is 20.4. The van der Waals surface area contributed by atoms with Crippen LogP contribution in [0, 0.1) is 45.3 Å². The molecular formula is C48H65NO6. The number of phenols is 1. The number of ketones is 2. The van der Waals surface area contributed by atoms with Gasteiger partial charge < -0.3 is 25.8 Å². The van der Waals surface area contributed by atoms with Crippen molar-refractivity contribution in [2.45, 2.75) is 155 Å². The second kappa shape index (κ2) is 13.3. The highest BCUT2D eigenvalue weighted by atomic mass is 16.6. The molecule has 5 fully saturated rings. The Balaban J connectivity index is 1.08. The number of benzene rings is 2. The SMILES string of the molecule is CCC[C@H](C[C@@H](O)[C@@H]1O[C@]1(C)[C@@H]1CCC[C@@H]1c1cccc(N)c1)C1=C2CC[C@H]3[C@@]4(C)C[C@H](c5cccc(O)c5)C(=O)C(C)(C)[C@@H]4[C@H](O)C[C@]3(C)[C@@]2(C)CC1=O. The molecule has 13 atom stereocenters. The maximum atomic E-state index is 14.6. The smallest absolute Gasteiger partial charge is 0.160 e. The summed E-state index contributed by atoms with van der Waals surface area (Å²) in [6, 6.07) is 15.4. The Bertz CT molecular complexity index is 1900. The van der Waals surface area contributed by atoms with Gasteiger partial charge in [-0.15, -0.1) is 0 Å². The van der Waals surface area contributed by atoms with Crippen molar-refractivity contribution in [3.63, 3.8) is 0 Å². The van der Waals surface area contributed by atoms with E-state index in [-0.39, 0.29) is 57.9 Å². The van der Waals surface area contributed by atoms with Crippen LogP contribution in [0.5, 0.6) is 5.75 Å². The first-order valence-corrected chi connectivity index (χ1v) is 21.4. The van der Waals surface area contributed by atoms with Gasteiger partial charge >= 0.3 is 0 Å². The molecule has 0 amide bonds. The van der Waals surface area contributed by atoms with Crippen LogP contribution in [0.4, 0.5) is 5.69 Å². The second-order valence-corrected chi connectivity index (χ2v) is 20.4. The number of aliphatic hydroxyl groups excluding tert-OH is 2. The van der Waals surface area contributed by atoms with Crippen LogP contribution in [0.25, 0.3) is 0 Å². The summed E-state index contributed by atoms with van der Waals surface area (Å²) < 4.78 is 6.51. The fourth-order valence-corrected chi connectivity index (χ4v) is 14.7. The molecule has 0 bridgehead atoms. The number of aliphatic hydroxyl groups is 2. The van der Waals surface area contributed by atoms with Crippen LogP contribution in [0.2, 0.25) is 0 Å². The van der Waals surface area contributed by atoms with E-state index >= 15 is 0 Å². The lowest BCUT2D eigenvalue weighted by molar-refractivity contribution is -0.219. The van der Waals surface area contributed by atoms with E-state index in [9.17, 15) is 24.9 Å². The van der Waals surface area contributed by atoms with Crippen LogP contribution in [0.1, 0.15) is 142 Å². The third-order valence-corrected chi connectivity index (χ3v) is 17.1. The standard InChI is InChI=1S/C48H65NO6/c1-8-12-29(23-36(51)43-48(7,55-43)34-18-11-17-32(34)27-13-9-15-30(49)21-27)40-35-19-20-39-45(4)24-33(28-14-10-16-31(50)22-28)42(54)44(2,3)41(45)38(53)26-47(39,6)46(35,5)25-37(40)52/h9-10,13-16,21-22,29,32-34,36,38-39,41,43,50-51,53H,8,11-12,17-20,23-26,49H2,1-7H3/t29-,32-,33-,34-,36-,38-,39+,41+,43+,45-,46+,47+,48-/m1/s1. The molecule has 5 N–H and O–H groups in total. The number of nitrogens with two attached hydrogens (primary N) is 1. The average Bonchev–Trinajstić information content (AvgIpc) is 3.42. The molecule has 7 nitrogen and oxygen atoms in total. The summed E-state index contributed by atoms with van der Waals surface area (Å²) in [5.41, 5.74) is 8.93. The number of anilines is 1. The maximum Gasteiger partial charge on any atom is 0.160 e. The first-order chi connectivity index (χ1) is 25.9. The number of nitrogen functional groups attached to an aromatic ring is 1. The molecule has 0 aromatic heterocycles. The van der Waals surface area contributed by atoms with Crippen molar-refractivity contribution in [1.29, 1.82) is 0 Å². The monoisotopic (exact) mass is 751 g/mol. The number of ether oxygens (including phenoxy) is 1. The molecule has 2 aromatic carbocycles. The van der Waals surface area contributed by atoms with Gasteiger partial charge in [0.2, 0.25) is 0 Å². The van der Waals surface area contributed by atoms with Gasteiger partial charge in [0.1, 0.15) is 17.6 Å². The normalized spacial score (nSPS) is 41.7. The minimum Gasteiger partial charge on any atom is -0.508 e. The Labute approximate surface area is 328 Å².